The van der Waals surface area contributed by atoms with Crippen LogP contribution in [0.5, 0.6) is 0 Å². The van der Waals surface area contributed by atoms with Gasteiger partial charge in [0.2, 0.25) is 0 Å². The summed E-state index contributed by atoms with van der Waals surface area (Å²) in [6, 6.07) is 15.0. The van der Waals surface area contributed by atoms with E-state index in [1.165, 1.54) is 12.1 Å². The monoisotopic (exact) mass is 339 g/mol. The van der Waals surface area contributed by atoms with Gasteiger partial charge in [-0.15, -0.1) is 0 Å². The van der Waals surface area contributed by atoms with Crippen molar-refractivity contribution in [1.29, 1.82) is 0 Å². The van der Waals surface area contributed by atoms with Crippen LogP contribution in [0.1, 0.15) is 0 Å². The average Bonchev–Trinajstić information content (AvgIpc) is 2.52. The first kappa shape index (κ1) is 16.2. The second-order valence-electron chi connectivity index (χ2n) is 5.25. The molecule has 0 aliphatic carbocycles. The van der Waals surface area contributed by atoms with Gasteiger partial charge >= 0.3 is 18.0 Å². The topological polar surface area (TPSA) is 29.1 Å². The van der Waals surface area contributed by atoms with Gasteiger partial charge in [0, 0.05) is 11.1 Å². The summed E-state index contributed by atoms with van der Waals surface area (Å²) in [6.07, 6.45) is -5.95. The van der Waals surface area contributed by atoms with Crippen molar-refractivity contribution in [3.8, 4) is 0 Å². The van der Waals surface area contributed by atoms with Crippen molar-refractivity contribution in [2.24, 2.45) is 0 Å². The van der Waals surface area contributed by atoms with Gasteiger partial charge in [-0.25, -0.2) is 0 Å². The zero-order valence-electron chi connectivity index (χ0n) is 12.0. The Bertz CT molecular complexity index is 933. The first-order valence-corrected chi connectivity index (χ1v) is 6.88. The van der Waals surface area contributed by atoms with E-state index in [-0.39, 0.29) is 5.69 Å². The van der Waals surface area contributed by atoms with Crippen molar-refractivity contribution in [2.45, 2.75) is 12.1 Å². The SMILES string of the molecule is O=C(Nc1cccc2cc3ccccc3cc12)C(F)(F)C(F)(F)F. The molecule has 3 aromatic carbocycles. The quantitative estimate of drug-likeness (QED) is 0.509. The third kappa shape index (κ3) is 2.66. The lowest BCUT2D eigenvalue weighted by Crippen LogP contribution is -2.47. The molecular formula is C17H10F5NO. The largest absolute Gasteiger partial charge is 0.463 e. The first-order valence-electron chi connectivity index (χ1n) is 6.88. The Kier molecular flexibility index (Phi) is 3.66. The summed E-state index contributed by atoms with van der Waals surface area (Å²) in [4.78, 5) is 11.4. The molecule has 3 rings (SSSR count). The molecular weight excluding hydrogens is 329 g/mol. The Hall–Kier alpha value is -2.70. The highest BCUT2D eigenvalue weighted by atomic mass is 19.4. The Labute approximate surface area is 132 Å². The summed E-state index contributed by atoms with van der Waals surface area (Å²) in [5.74, 6) is -7.87. The van der Waals surface area contributed by atoms with Crippen molar-refractivity contribution in [3.63, 3.8) is 0 Å². The molecule has 3 aromatic rings. The smallest absolute Gasteiger partial charge is 0.320 e. The summed E-state index contributed by atoms with van der Waals surface area (Å²) in [7, 11) is 0. The van der Waals surface area contributed by atoms with Gasteiger partial charge in [0.1, 0.15) is 0 Å². The Balaban J connectivity index is 2.07. The van der Waals surface area contributed by atoms with E-state index in [1.54, 1.807) is 35.6 Å². The van der Waals surface area contributed by atoms with Crippen molar-refractivity contribution < 1.29 is 26.7 Å². The fourth-order valence-electron chi connectivity index (χ4n) is 2.41. The van der Waals surface area contributed by atoms with Crippen molar-refractivity contribution in [1.82, 2.24) is 0 Å². The Morgan fingerprint density at radius 3 is 2.00 bits per heavy atom. The van der Waals surface area contributed by atoms with E-state index in [0.29, 0.717) is 10.8 Å². The van der Waals surface area contributed by atoms with Crippen molar-refractivity contribution >= 4 is 33.1 Å². The van der Waals surface area contributed by atoms with Gasteiger partial charge in [0.15, 0.2) is 0 Å². The van der Waals surface area contributed by atoms with Gasteiger partial charge in [-0.05, 0) is 34.4 Å². The van der Waals surface area contributed by atoms with Crippen LogP contribution in [0.25, 0.3) is 21.5 Å². The maximum Gasteiger partial charge on any atom is 0.463 e. The summed E-state index contributed by atoms with van der Waals surface area (Å²) < 4.78 is 63.1. The summed E-state index contributed by atoms with van der Waals surface area (Å²) in [5, 5.41) is 4.33. The molecule has 124 valence electrons. The van der Waals surface area contributed by atoms with E-state index in [1.807, 2.05) is 12.1 Å². The van der Waals surface area contributed by atoms with E-state index < -0.39 is 18.0 Å². The highest BCUT2D eigenvalue weighted by Crippen LogP contribution is 2.37. The van der Waals surface area contributed by atoms with Crippen LogP contribution in [-0.4, -0.2) is 18.0 Å². The Morgan fingerprint density at radius 1 is 0.792 bits per heavy atom. The molecule has 24 heavy (non-hydrogen) atoms. The number of fused-ring (bicyclic) bond motifs is 2. The molecule has 0 aromatic heterocycles. The fourth-order valence-corrected chi connectivity index (χ4v) is 2.41. The van der Waals surface area contributed by atoms with Gasteiger partial charge in [0.05, 0.1) is 0 Å². The van der Waals surface area contributed by atoms with Crippen LogP contribution < -0.4 is 5.32 Å². The molecule has 0 fully saturated rings. The first-order chi connectivity index (χ1) is 11.2. The molecule has 0 aliphatic rings. The van der Waals surface area contributed by atoms with E-state index >= 15 is 0 Å². The highest BCUT2D eigenvalue weighted by molar-refractivity contribution is 6.08. The standard InChI is InChI=1S/C17H10F5NO/c18-16(19,17(20,21)22)15(24)23-14-7-3-6-12-8-10-4-1-2-5-11(10)9-13(12)14/h1-9H,(H,23,24). The molecule has 0 unspecified atom stereocenters. The lowest BCUT2D eigenvalue weighted by atomic mass is 10.0. The molecule has 0 spiro atoms. The van der Waals surface area contributed by atoms with Crippen LogP contribution in [0.4, 0.5) is 27.6 Å². The molecule has 0 bridgehead atoms. The number of halogens is 5. The molecule has 0 saturated carbocycles. The minimum absolute atomic E-state index is 0.104. The number of rotatable bonds is 2. The molecule has 0 radical (unpaired) electrons. The van der Waals surface area contributed by atoms with Crippen LogP contribution in [-0.2, 0) is 4.79 Å². The number of carbonyl (C=O) groups is 1. The zero-order valence-corrected chi connectivity index (χ0v) is 12.0. The number of benzene rings is 3. The van der Waals surface area contributed by atoms with Gasteiger partial charge < -0.3 is 5.32 Å². The number of alkyl halides is 5. The van der Waals surface area contributed by atoms with Crippen LogP contribution >= 0.6 is 0 Å². The van der Waals surface area contributed by atoms with Crippen molar-refractivity contribution in [3.05, 3.63) is 54.6 Å². The molecule has 0 saturated heterocycles. The third-order valence-electron chi connectivity index (χ3n) is 3.64. The molecule has 1 amide bonds. The molecule has 0 aliphatic heterocycles. The lowest BCUT2D eigenvalue weighted by Gasteiger charge is -2.19. The molecule has 0 atom stereocenters. The van der Waals surface area contributed by atoms with Crippen LogP contribution in [0.2, 0.25) is 0 Å². The maximum absolute atomic E-state index is 13.1. The highest BCUT2D eigenvalue weighted by Gasteiger charge is 2.63. The second kappa shape index (κ2) is 5.43. The van der Waals surface area contributed by atoms with Gasteiger partial charge in [-0.3, -0.25) is 4.79 Å². The molecule has 2 nitrogen and oxygen atoms in total. The third-order valence-corrected chi connectivity index (χ3v) is 3.64. The normalized spacial score (nSPS) is 12.5. The number of anilines is 1. The summed E-state index contributed by atoms with van der Waals surface area (Å²) >= 11 is 0. The second-order valence-corrected chi connectivity index (χ2v) is 5.25. The van der Waals surface area contributed by atoms with Crippen molar-refractivity contribution in [2.75, 3.05) is 5.32 Å². The van der Waals surface area contributed by atoms with Gasteiger partial charge in [0.25, 0.3) is 0 Å². The minimum Gasteiger partial charge on any atom is -0.320 e. The van der Waals surface area contributed by atoms with Crippen LogP contribution in [0, 0.1) is 0 Å². The number of hydrogen-bond donors (Lipinski definition) is 1. The maximum atomic E-state index is 13.1. The molecule has 7 heteroatoms. The average molecular weight is 339 g/mol. The van der Waals surface area contributed by atoms with Gasteiger partial charge in [-0.1, -0.05) is 36.4 Å². The summed E-state index contributed by atoms with van der Waals surface area (Å²) in [5.41, 5.74) is -0.104. The van der Waals surface area contributed by atoms with Crippen LogP contribution in [0.3, 0.4) is 0 Å². The minimum atomic E-state index is -5.95. The predicted molar refractivity (Wildman–Crippen MR) is 81.1 cm³/mol. The summed E-state index contributed by atoms with van der Waals surface area (Å²) in [6.45, 7) is 0. The Morgan fingerprint density at radius 2 is 1.38 bits per heavy atom. The van der Waals surface area contributed by atoms with E-state index in [2.05, 4.69) is 0 Å². The zero-order chi connectivity index (χ0) is 17.5. The van der Waals surface area contributed by atoms with Crippen LogP contribution in [0.15, 0.2) is 54.6 Å². The van der Waals surface area contributed by atoms with E-state index in [0.717, 1.165) is 10.8 Å². The predicted octanol–water partition coefficient (Wildman–Crippen LogP) is 5.13. The van der Waals surface area contributed by atoms with E-state index in [9.17, 15) is 26.7 Å². The lowest BCUT2D eigenvalue weighted by molar-refractivity contribution is -0.267. The van der Waals surface area contributed by atoms with E-state index in [4.69, 9.17) is 0 Å². The number of carbonyl (C=O) groups excluding carboxylic acids is 1. The fraction of sp³-hybridized carbons (Fsp3) is 0.118. The molecule has 0 heterocycles. The number of amides is 1. The molecule has 1 N–H and O–H groups in total. The number of nitrogens with one attached hydrogen (secondary N) is 1. The van der Waals surface area contributed by atoms with Gasteiger partial charge in [-0.2, -0.15) is 22.0 Å². The number of hydrogen-bond acceptors (Lipinski definition) is 1.